The Hall–Kier alpha value is -2.67. The number of hydrogen-bond donors (Lipinski definition) is 8. The van der Waals surface area contributed by atoms with Crippen LogP contribution in [-0.2, 0) is 19.9 Å². The maximum Gasteiger partial charge on any atom is 0.239 e. The lowest BCUT2D eigenvalue weighted by Gasteiger charge is -2.38. The Balaban J connectivity index is 1.75. The number of likely N-dealkylation sites (tertiary alicyclic amines) is 1. The van der Waals surface area contributed by atoms with Gasteiger partial charge in [-0.2, -0.15) is 11.1 Å². The Morgan fingerprint density at radius 2 is 1.77 bits per heavy atom. The van der Waals surface area contributed by atoms with Crippen LogP contribution in [0.3, 0.4) is 0 Å². The van der Waals surface area contributed by atoms with Crippen LogP contribution in [0.5, 0.6) is 0 Å². The van der Waals surface area contributed by atoms with E-state index in [2.05, 4.69) is 31.9 Å². The third-order valence-electron chi connectivity index (χ3n) is 6.14. The molecule has 3 heterocycles. The summed E-state index contributed by atoms with van der Waals surface area (Å²) in [5.74, 6) is 0.178. The fourth-order valence-corrected chi connectivity index (χ4v) is 7.89. The fraction of sp³-hybridized carbons (Fsp3) is 0.316. The molecular weight excluding hydrogens is 498 g/mol. The minimum absolute atomic E-state index is 0.101. The number of aliphatic hydroxyl groups excluding tert-OH is 1. The van der Waals surface area contributed by atoms with Crippen LogP contribution in [0.1, 0.15) is 11.7 Å². The molecule has 14 nitrogen and oxygen atoms in total. The summed E-state index contributed by atoms with van der Waals surface area (Å²) in [6.07, 6.45) is -0.868. The number of hydrazine groups is 3. The third kappa shape index (κ3) is 4.18. The number of aliphatic hydroxyl groups is 1. The number of aromatic amines is 1. The lowest BCUT2D eigenvalue weighted by atomic mass is 9.96. The molecule has 0 saturated carbocycles. The van der Waals surface area contributed by atoms with E-state index < -0.39 is 36.2 Å². The van der Waals surface area contributed by atoms with Crippen molar-refractivity contribution in [3.8, 4) is 11.1 Å². The summed E-state index contributed by atoms with van der Waals surface area (Å²) in [4.78, 5) is 8.14. The van der Waals surface area contributed by atoms with E-state index in [1.165, 1.54) is 6.07 Å². The summed E-state index contributed by atoms with van der Waals surface area (Å²) >= 11 is 0. The van der Waals surface area contributed by atoms with Gasteiger partial charge in [0.1, 0.15) is 11.1 Å². The number of sulfonamides is 1. The second-order valence-corrected chi connectivity index (χ2v) is 12.0. The molecule has 0 radical (unpaired) electrons. The zero-order chi connectivity index (χ0) is 25.0. The van der Waals surface area contributed by atoms with Crippen molar-refractivity contribution in [3.05, 3.63) is 35.9 Å². The Morgan fingerprint density at radius 1 is 1.06 bits per heavy atom. The fourth-order valence-electron chi connectivity index (χ4n) is 4.51. The Labute approximate surface area is 201 Å². The first-order valence-corrected chi connectivity index (χ1v) is 13.7. The molecule has 0 atom stereocenters. The first-order valence-electron chi connectivity index (χ1n) is 10.6. The van der Waals surface area contributed by atoms with Crippen LogP contribution in [-0.4, -0.2) is 68.3 Å². The highest BCUT2D eigenvalue weighted by molar-refractivity contribution is 7.94. The average molecular weight is 524 g/mol. The number of benzene rings is 2. The van der Waals surface area contributed by atoms with Crippen LogP contribution in [0, 0.1) is 0 Å². The van der Waals surface area contributed by atoms with E-state index in [1.807, 2.05) is 0 Å². The molecule has 0 amide bonds. The monoisotopic (exact) mass is 523 g/mol. The molecule has 10 N–H and O–H groups in total. The van der Waals surface area contributed by atoms with Gasteiger partial charge >= 0.3 is 0 Å². The number of H-pyrrole nitrogens is 1. The van der Waals surface area contributed by atoms with E-state index in [9.17, 15) is 16.8 Å². The van der Waals surface area contributed by atoms with Crippen LogP contribution in [0.4, 0.5) is 5.95 Å². The van der Waals surface area contributed by atoms with Crippen molar-refractivity contribution in [3.63, 3.8) is 0 Å². The highest BCUT2D eigenvalue weighted by Crippen LogP contribution is 2.40. The summed E-state index contributed by atoms with van der Waals surface area (Å²) in [6, 6.07) is 8.06. The van der Waals surface area contributed by atoms with Gasteiger partial charge in [0.2, 0.25) is 10.0 Å². The van der Waals surface area contributed by atoms with Gasteiger partial charge in [0.25, 0.3) is 0 Å². The first-order chi connectivity index (χ1) is 16.6. The van der Waals surface area contributed by atoms with Crippen molar-refractivity contribution < 1.29 is 21.9 Å². The summed E-state index contributed by atoms with van der Waals surface area (Å²) < 4.78 is 53.0. The minimum atomic E-state index is -4.53. The van der Waals surface area contributed by atoms with Crippen molar-refractivity contribution in [2.45, 2.75) is 21.2 Å². The van der Waals surface area contributed by atoms with E-state index in [0.717, 1.165) is 0 Å². The predicted octanol–water partition coefficient (Wildman–Crippen LogP) is -1.97. The van der Waals surface area contributed by atoms with E-state index in [4.69, 9.17) is 16.0 Å². The molecule has 16 heteroatoms. The molecule has 188 valence electrons. The number of rotatable bonds is 7. The molecule has 0 bridgehead atoms. The van der Waals surface area contributed by atoms with E-state index in [-0.39, 0.29) is 36.1 Å². The zero-order valence-electron chi connectivity index (χ0n) is 18.3. The molecule has 3 aromatic rings. The number of β-amino-alcohol motifs (C(OH)–C–C–N with tert-alkyl or cyclic N) is 1. The number of para-hydroxylation sites is 1. The zero-order valence-corrected chi connectivity index (χ0v) is 19.9. The molecule has 2 saturated heterocycles. The molecular formula is C19H25N9O5S2. The maximum absolute atomic E-state index is 13.5. The number of aromatic nitrogens is 2. The van der Waals surface area contributed by atoms with Gasteiger partial charge in [-0.25, -0.2) is 37.8 Å². The summed E-state index contributed by atoms with van der Waals surface area (Å²) in [7, 11) is -8.60. The Bertz CT molecular complexity index is 1490. The number of sulfone groups is 1. The van der Waals surface area contributed by atoms with Crippen molar-refractivity contribution in [1.82, 2.24) is 36.8 Å². The Kier molecular flexibility index (Phi) is 6.02. The lowest BCUT2D eigenvalue weighted by Crippen LogP contribution is -2.55. The minimum Gasteiger partial charge on any atom is -0.395 e. The summed E-state index contributed by atoms with van der Waals surface area (Å²) in [5.41, 5.74) is 18.9. The number of fused-ring (bicyclic) bond motifs is 1. The lowest BCUT2D eigenvalue weighted by molar-refractivity contribution is 0.141. The number of hydrogen-bond acceptors (Lipinski definition) is 12. The van der Waals surface area contributed by atoms with Crippen LogP contribution in [0.15, 0.2) is 40.1 Å². The normalized spacial score (nSPS) is 18.3. The number of nitrogens with zero attached hydrogens (tertiary/aromatic N) is 2. The maximum atomic E-state index is 13.5. The van der Waals surface area contributed by atoms with Crippen LogP contribution in [0.2, 0.25) is 0 Å². The SMILES string of the molecule is Nc1nc2c(-c3ccc(S(=O)(=O)C4CN(CCO)C4)c(S(N)(=O)=O)c3C3NNNN3)cccc2[nH]1. The van der Waals surface area contributed by atoms with Crippen molar-refractivity contribution in [2.75, 3.05) is 32.0 Å². The van der Waals surface area contributed by atoms with E-state index >= 15 is 0 Å². The number of nitrogens with one attached hydrogen (secondary N) is 5. The quantitative estimate of drug-likeness (QED) is 0.169. The molecule has 0 unspecified atom stereocenters. The van der Waals surface area contributed by atoms with Gasteiger partial charge in [0.05, 0.1) is 27.8 Å². The number of primary sulfonamides is 1. The van der Waals surface area contributed by atoms with E-state index in [1.54, 1.807) is 29.2 Å². The molecule has 2 aliphatic rings. The third-order valence-corrected chi connectivity index (χ3v) is 9.40. The first kappa shape index (κ1) is 24.0. The molecule has 2 fully saturated rings. The van der Waals surface area contributed by atoms with Gasteiger partial charge in [-0.05, 0) is 17.7 Å². The van der Waals surface area contributed by atoms with Crippen molar-refractivity contribution >= 4 is 36.8 Å². The second-order valence-electron chi connectivity index (χ2n) is 8.34. The number of imidazole rings is 1. The van der Waals surface area contributed by atoms with Crippen molar-refractivity contribution in [1.29, 1.82) is 0 Å². The summed E-state index contributed by atoms with van der Waals surface area (Å²) in [6.45, 7) is 0.594. The number of nitrogen functional groups attached to an aromatic ring is 1. The van der Waals surface area contributed by atoms with Gasteiger partial charge in [0.15, 0.2) is 15.8 Å². The molecule has 0 aliphatic carbocycles. The van der Waals surface area contributed by atoms with Crippen LogP contribution in [0.25, 0.3) is 22.2 Å². The molecule has 5 rings (SSSR count). The van der Waals surface area contributed by atoms with Gasteiger partial charge in [-0.1, -0.05) is 18.2 Å². The standard InChI is InChI=1S/C19H25N9O5S2/c20-19-22-13-3-1-2-12(16(13)23-19)11-4-5-14(34(30,31)10-8-28(9-10)6-7-29)17(35(21,32)33)15(11)18-24-26-27-25-18/h1-5,10,18,24-27,29H,6-9H2,(H3,20,22,23)(H2,21,32,33). The van der Waals surface area contributed by atoms with Gasteiger partial charge in [-0.3, -0.25) is 4.90 Å². The Morgan fingerprint density at radius 3 is 2.43 bits per heavy atom. The highest BCUT2D eigenvalue weighted by Gasteiger charge is 2.42. The molecule has 1 aromatic heterocycles. The van der Waals surface area contributed by atoms with Crippen LogP contribution >= 0.6 is 0 Å². The molecule has 2 aromatic carbocycles. The topological polar surface area (TPSA) is 221 Å². The average Bonchev–Trinajstić information content (AvgIpc) is 3.42. The molecule has 2 aliphatic heterocycles. The van der Waals surface area contributed by atoms with Crippen molar-refractivity contribution in [2.24, 2.45) is 5.14 Å². The summed E-state index contributed by atoms with van der Waals surface area (Å²) in [5, 5.41) is 13.9. The van der Waals surface area contributed by atoms with Gasteiger partial charge in [-0.15, -0.1) is 0 Å². The predicted molar refractivity (Wildman–Crippen MR) is 127 cm³/mol. The number of nitrogens with two attached hydrogens (primary N) is 2. The second kappa shape index (κ2) is 8.77. The molecule has 35 heavy (non-hydrogen) atoms. The molecule has 0 spiro atoms. The van der Waals surface area contributed by atoms with Gasteiger partial charge in [0, 0.05) is 30.8 Å². The highest BCUT2D eigenvalue weighted by atomic mass is 32.2. The number of anilines is 1. The van der Waals surface area contributed by atoms with Crippen LogP contribution < -0.4 is 32.8 Å². The smallest absolute Gasteiger partial charge is 0.239 e. The largest absolute Gasteiger partial charge is 0.395 e. The van der Waals surface area contributed by atoms with E-state index in [0.29, 0.717) is 28.7 Å². The van der Waals surface area contributed by atoms with Gasteiger partial charge < -0.3 is 15.8 Å².